The molecule has 0 saturated carbocycles. The number of anilines is 1. The smallest absolute Gasteiger partial charge is 0.267 e. The molecule has 0 saturated heterocycles. The van der Waals surface area contributed by atoms with Gasteiger partial charge in [0.1, 0.15) is 42.1 Å². The lowest BCUT2D eigenvalue weighted by molar-refractivity contribution is 0.0836. The van der Waals surface area contributed by atoms with Gasteiger partial charge in [0, 0.05) is 47.1 Å². The zero-order chi connectivity index (χ0) is 37.8. The molecule has 0 aliphatic heterocycles. The van der Waals surface area contributed by atoms with Crippen molar-refractivity contribution in [1.82, 2.24) is 29.3 Å². The number of aromatic nitrogens is 6. The van der Waals surface area contributed by atoms with E-state index in [4.69, 9.17) is 19.3 Å². The van der Waals surface area contributed by atoms with Crippen LogP contribution in [0.25, 0.3) is 33.7 Å². The van der Waals surface area contributed by atoms with Crippen LogP contribution in [-0.4, -0.2) is 107 Å². The number of benzene rings is 1. The molecular weight excluding hydrogens is 735 g/mol. The molecule has 1 aromatic carbocycles. The molecule has 13 nitrogen and oxygen atoms in total. The Morgan fingerprint density at radius 1 is 0.904 bits per heavy atom. The van der Waals surface area contributed by atoms with Crippen LogP contribution in [0.4, 0.5) is 14.5 Å². The van der Waals surface area contributed by atoms with E-state index in [1.54, 1.807) is 23.0 Å². The zero-order valence-electron chi connectivity index (χ0n) is 30.0. The van der Waals surface area contributed by atoms with E-state index in [-0.39, 0.29) is 47.4 Å². The molecule has 0 atom stereocenters. The van der Waals surface area contributed by atoms with Gasteiger partial charge in [0.2, 0.25) is 5.88 Å². The highest BCUT2D eigenvalue weighted by atomic mass is 32.3. The number of nitriles is 1. The molecule has 0 fully saturated rings. The Morgan fingerprint density at radius 2 is 1.60 bits per heavy atom. The summed E-state index contributed by atoms with van der Waals surface area (Å²) in [4.78, 5) is 11.9. The van der Waals surface area contributed by atoms with Gasteiger partial charge in [-0.05, 0) is 55.7 Å². The maximum Gasteiger partial charge on any atom is 0.267 e. The number of hydrogen-bond donors (Lipinski definition) is 1. The number of nitrogens with one attached hydrogen (secondary N) is 1. The number of sulfonamides is 1. The zero-order valence-corrected chi connectivity index (χ0v) is 32.5. The quantitative estimate of drug-likeness (QED) is 0.124. The van der Waals surface area contributed by atoms with Gasteiger partial charge in [0.15, 0.2) is 16.5 Å². The molecule has 0 bridgehead atoms. The first-order valence-corrected chi connectivity index (χ1v) is 23.4. The predicted molar refractivity (Wildman–Crippen MR) is 203 cm³/mol. The van der Waals surface area contributed by atoms with Crippen molar-refractivity contribution in [2.45, 2.75) is 18.4 Å². The number of ether oxygens (including phenoxy) is 3. The highest BCUT2D eigenvalue weighted by molar-refractivity contribution is 8.32. The highest BCUT2D eigenvalue weighted by Gasteiger charge is 2.27. The Hall–Kier alpha value is -4.28. The Morgan fingerprint density at radius 3 is 2.25 bits per heavy atom. The van der Waals surface area contributed by atoms with Crippen LogP contribution >= 0.6 is 20.1 Å². The van der Waals surface area contributed by atoms with Gasteiger partial charge in [-0.15, -0.1) is 0 Å². The van der Waals surface area contributed by atoms with Crippen LogP contribution in [0.5, 0.6) is 5.88 Å². The molecule has 1 N–H and O–H groups in total. The molecule has 0 radical (unpaired) electrons. The van der Waals surface area contributed by atoms with E-state index in [1.165, 1.54) is 30.1 Å². The van der Waals surface area contributed by atoms with Crippen molar-refractivity contribution in [3.05, 3.63) is 66.3 Å². The van der Waals surface area contributed by atoms with E-state index in [0.717, 1.165) is 23.8 Å². The average Bonchev–Trinajstić information content (AvgIpc) is 3.69. The summed E-state index contributed by atoms with van der Waals surface area (Å²) in [6, 6.07) is 7.03. The van der Waals surface area contributed by atoms with Crippen LogP contribution in [0, 0.1) is 23.0 Å². The second kappa shape index (κ2) is 15.8. The van der Waals surface area contributed by atoms with Gasteiger partial charge in [0.25, 0.3) is 10.0 Å². The number of imidazole rings is 1. The summed E-state index contributed by atoms with van der Waals surface area (Å²) in [7, 11) is -4.93. The van der Waals surface area contributed by atoms with Crippen LogP contribution in [0.1, 0.15) is 5.56 Å². The maximum absolute atomic E-state index is 16.9. The highest BCUT2D eigenvalue weighted by Crippen LogP contribution is 2.38. The molecule has 52 heavy (non-hydrogen) atoms. The van der Waals surface area contributed by atoms with E-state index in [2.05, 4.69) is 57.2 Å². The van der Waals surface area contributed by atoms with Crippen molar-refractivity contribution < 1.29 is 31.4 Å². The fourth-order valence-electron chi connectivity index (χ4n) is 5.05. The summed E-state index contributed by atoms with van der Waals surface area (Å²) in [5.74, 6) is 0.209. The fourth-order valence-corrected chi connectivity index (χ4v) is 7.49. The summed E-state index contributed by atoms with van der Waals surface area (Å²) in [5, 5.41) is 15.4. The molecule has 0 unspecified atom stereocenters. The second-order valence-electron chi connectivity index (χ2n) is 13.5. The summed E-state index contributed by atoms with van der Waals surface area (Å²) in [5.41, 5.74) is -0.223. The third-order valence-electron chi connectivity index (χ3n) is 7.73. The van der Waals surface area contributed by atoms with E-state index in [1.807, 2.05) is 6.07 Å². The molecule has 280 valence electrons. The minimum atomic E-state index is -4.52. The van der Waals surface area contributed by atoms with Crippen LogP contribution in [-0.2, 0) is 33.0 Å². The molecule has 5 aromatic rings. The number of methoxy groups -OCH3 is 1. The molecule has 0 spiro atoms. The lowest BCUT2D eigenvalue weighted by Crippen LogP contribution is -2.16. The minimum Gasteiger partial charge on any atom is -0.480 e. The lowest BCUT2D eigenvalue weighted by Gasteiger charge is -2.24. The van der Waals surface area contributed by atoms with Gasteiger partial charge >= 0.3 is 0 Å². The van der Waals surface area contributed by atoms with Gasteiger partial charge in [0.05, 0.1) is 37.9 Å². The fraction of sp³-hybridized carbons (Fsp3) is 0.382. The molecule has 0 aliphatic rings. The van der Waals surface area contributed by atoms with Crippen molar-refractivity contribution in [3.63, 3.8) is 0 Å². The Kier molecular flexibility index (Phi) is 11.8. The summed E-state index contributed by atoms with van der Waals surface area (Å²) >= 11 is 0. The number of pyridine rings is 2. The number of rotatable bonds is 16. The number of hydrogen-bond acceptors (Lipinski definition) is 10. The van der Waals surface area contributed by atoms with E-state index < -0.39 is 46.6 Å². The maximum atomic E-state index is 16.9. The summed E-state index contributed by atoms with van der Waals surface area (Å²) in [6.07, 6.45) is 18.6. The normalized spacial score (nSPS) is 12.9. The first-order chi connectivity index (χ1) is 24.5. The SMILES string of the molecule is COc1ncc(F)cc1S(=O)(=O)Nc1ccnc(-c2ccc3c(-c4nccn4COCCS(C)(C)C)nn(COCCS(C)(C)C)c3c2F)c1C#N. The first-order valence-electron chi connectivity index (χ1n) is 15.8. The van der Waals surface area contributed by atoms with Crippen molar-refractivity contribution >= 4 is 46.7 Å². The van der Waals surface area contributed by atoms with Gasteiger partial charge in [-0.1, -0.05) is 0 Å². The summed E-state index contributed by atoms with van der Waals surface area (Å²) < 4.78 is 80.1. The van der Waals surface area contributed by atoms with Gasteiger partial charge in [-0.25, -0.2) is 51.9 Å². The Labute approximate surface area is 305 Å². The van der Waals surface area contributed by atoms with Crippen molar-refractivity contribution in [2.24, 2.45) is 0 Å². The molecular formula is C34H42F2N8O5S3. The van der Waals surface area contributed by atoms with Crippen LogP contribution < -0.4 is 9.46 Å². The van der Waals surface area contributed by atoms with Crippen LogP contribution in [0.15, 0.2) is 53.9 Å². The van der Waals surface area contributed by atoms with E-state index >= 15 is 4.39 Å². The topological polar surface area (TPSA) is 159 Å². The van der Waals surface area contributed by atoms with Crippen LogP contribution in [0.2, 0.25) is 0 Å². The molecule has 5 rings (SSSR count). The Balaban J connectivity index is 1.57. The molecule has 0 aliphatic carbocycles. The third-order valence-corrected chi connectivity index (χ3v) is 11.9. The lowest BCUT2D eigenvalue weighted by atomic mass is 10.0. The predicted octanol–water partition coefficient (Wildman–Crippen LogP) is 5.65. The molecule has 18 heteroatoms. The second-order valence-corrected chi connectivity index (χ2v) is 24.3. The average molecular weight is 777 g/mol. The largest absolute Gasteiger partial charge is 0.480 e. The number of nitrogens with zero attached hydrogens (tertiary/aromatic N) is 7. The summed E-state index contributed by atoms with van der Waals surface area (Å²) in [6.45, 7) is 1.16. The van der Waals surface area contributed by atoms with Crippen LogP contribution in [0.3, 0.4) is 0 Å². The number of halogens is 2. The van der Waals surface area contributed by atoms with Gasteiger partial charge < -0.3 is 18.8 Å². The molecule has 4 heterocycles. The van der Waals surface area contributed by atoms with Crippen molar-refractivity contribution in [2.75, 3.05) is 74.1 Å². The standard InChI is InChI=1S/C34H42F2N8O5S3/c1-47-34-28(18-23(35)20-40-34)52(45,46)42-27-10-11-38-30(26(27)19-37)24-8-9-25-31(33-39-12-13-43(33)21-48-14-16-50(2,3)4)41-44(32(25)29(24)36)22-49-15-17-51(5,6)7/h8-13,18,20H,14-17,21-22H2,1-7H3,(H,38,42). The van der Waals surface area contributed by atoms with Crippen molar-refractivity contribution in [3.8, 4) is 34.7 Å². The van der Waals surface area contributed by atoms with Gasteiger partial charge in [-0.3, -0.25) is 9.71 Å². The van der Waals surface area contributed by atoms with E-state index in [9.17, 15) is 18.1 Å². The molecule has 4 aromatic heterocycles. The number of fused-ring (bicyclic) bond motifs is 1. The third kappa shape index (κ3) is 9.01. The first kappa shape index (κ1) is 38.9. The monoisotopic (exact) mass is 776 g/mol. The van der Waals surface area contributed by atoms with Crippen molar-refractivity contribution in [1.29, 1.82) is 5.26 Å². The Bertz CT molecular complexity index is 2220. The van der Waals surface area contributed by atoms with Gasteiger partial charge in [-0.2, -0.15) is 10.4 Å². The van der Waals surface area contributed by atoms with E-state index in [0.29, 0.717) is 30.1 Å². The minimum absolute atomic E-state index is 0.0696. The molecule has 0 amide bonds.